The minimum Gasteiger partial charge on any atom is -0.323 e. The van der Waals surface area contributed by atoms with Gasteiger partial charge in [0.05, 0.1) is 21.9 Å². The fourth-order valence-corrected chi connectivity index (χ4v) is 3.79. The van der Waals surface area contributed by atoms with E-state index in [9.17, 15) is 0 Å². The monoisotopic (exact) mass is 388 g/mol. The fourth-order valence-electron chi connectivity index (χ4n) is 2.20. The molecule has 3 rings (SSSR count). The Morgan fingerprint density at radius 2 is 2.10 bits per heavy atom. The normalized spacial score (nSPS) is 11.3. The number of imidazole rings is 1. The Balaban J connectivity index is 2.08. The molecule has 0 bridgehead atoms. The maximum Gasteiger partial charge on any atom is 0.111 e. The number of thiophene rings is 1. The topological polar surface area (TPSA) is 17.8 Å². The van der Waals surface area contributed by atoms with Crippen LogP contribution in [0.15, 0.2) is 34.8 Å². The van der Waals surface area contributed by atoms with E-state index in [2.05, 4.69) is 37.6 Å². The molecule has 0 unspecified atom stereocenters. The number of aromatic nitrogens is 2. The van der Waals surface area contributed by atoms with Gasteiger partial charge in [-0.2, -0.15) is 0 Å². The predicted octanol–water partition coefficient (Wildman–Crippen LogP) is 5.34. The lowest BCUT2D eigenvalue weighted by Gasteiger charge is -2.07. The summed E-state index contributed by atoms with van der Waals surface area (Å²) in [4.78, 5) is 5.90. The lowest BCUT2D eigenvalue weighted by atomic mass is 10.3. The maximum atomic E-state index is 6.01. The van der Waals surface area contributed by atoms with Crippen molar-refractivity contribution in [1.82, 2.24) is 9.55 Å². The van der Waals surface area contributed by atoms with Crippen LogP contribution in [0.4, 0.5) is 0 Å². The molecular formula is C14H11BrCl2N2S. The van der Waals surface area contributed by atoms with Gasteiger partial charge >= 0.3 is 0 Å². The van der Waals surface area contributed by atoms with E-state index in [0.29, 0.717) is 5.88 Å². The average Bonchev–Trinajstić information content (AvgIpc) is 2.95. The molecule has 2 heterocycles. The van der Waals surface area contributed by atoms with Crippen LogP contribution in [0.2, 0.25) is 4.34 Å². The maximum absolute atomic E-state index is 6.01. The Hall–Kier alpha value is -0.550. The van der Waals surface area contributed by atoms with Gasteiger partial charge in [-0.15, -0.1) is 22.9 Å². The van der Waals surface area contributed by atoms with Gasteiger partial charge < -0.3 is 4.57 Å². The predicted molar refractivity (Wildman–Crippen MR) is 90.3 cm³/mol. The van der Waals surface area contributed by atoms with Crippen LogP contribution in [-0.2, 0) is 13.0 Å². The summed E-state index contributed by atoms with van der Waals surface area (Å²) in [5, 5.41) is 0. The quantitative estimate of drug-likeness (QED) is 0.550. The summed E-state index contributed by atoms with van der Waals surface area (Å²) in [6.45, 7) is 0.780. The molecule has 20 heavy (non-hydrogen) atoms. The van der Waals surface area contributed by atoms with Crippen LogP contribution in [0.3, 0.4) is 0 Å². The second-order valence-corrected chi connectivity index (χ2v) is 7.49. The van der Waals surface area contributed by atoms with Gasteiger partial charge in [-0.05, 0) is 30.3 Å². The van der Waals surface area contributed by atoms with Crippen molar-refractivity contribution in [3.8, 4) is 0 Å². The minimum absolute atomic E-state index is 0.565. The summed E-state index contributed by atoms with van der Waals surface area (Å²) >= 11 is 17.0. The Morgan fingerprint density at radius 1 is 1.25 bits per heavy atom. The van der Waals surface area contributed by atoms with E-state index >= 15 is 0 Å². The number of halogens is 3. The van der Waals surface area contributed by atoms with Crippen molar-refractivity contribution in [3.63, 3.8) is 0 Å². The summed E-state index contributed by atoms with van der Waals surface area (Å²) in [7, 11) is 0. The number of hydrogen-bond acceptors (Lipinski definition) is 2. The van der Waals surface area contributed by atoms with Gasteiger partial charge in [-0.1, -0.05) is 27.5 Å². The Morgan fingerprint density at radius 3 is 2.80 bits per heavy atom. The fraction of sp³-hybridized carbons (Fsp3) is 0.214. The number of aryl methyl sites for hydroxylation is 1. The molecule has 2 nitrogen and oxygen atoms in total. The highest BCUT2D eigenvalue weighted by Crippen LogP contribution is 2.26. The van der Waals surface area contributed by atoms with Crippen molar-refractivity contribution in [2.75, 3.05) is 5.88 Å². The first-order valence-electron chi connectivity index (χ1n) is 6.12. The van der Waals surface area contributed by atoms with Gasteiger partial charge in [-0.3, -0.25) is 0 Å². The van der Waals surface area contributed by atoms with Gasteiger partial charge in [-0.25, -0.2) is 4.98 Å². The molecule has 104 valence electrons. The third kappa shape index (κ3) is 2.89. The van der Waals surface area contributed by atoms with Crippen LogP contribution in [0.5, 0.6) is 0 Å². The number of alkyl halides is 1. The van der Waals surface area contributed by atoms with E-state index in [4.69, 9.17) is 23.2 Å². The summed E-state index contributed by atoms with van der Waals surface area (Å²) < 4.78 is 4.06. The van der Waals surface area contributed by atoms with Crippen LogP contribution in [0, 0.1) is 0 Å². The highest BCUT2D eigenvalue weighted by molar-refractivity contribution is 9.10. The zero-order chi connectivity index (χ0) is 14.1. The Kier molecular flexibility index (Phi) is 4.36. The largest absolute Gasteiger partial charge is 0.323 e. The molecule has 0 fully saturated rings. The highest BCUT2D eigenvalue weighted by atomic mass is 79.9. The van der Waals surface area contributed by atoms with Crippen molar-refractivity contribution in [1.29, 1.82) is 0 Å². The Bertz CT molecular complexity index is 751. The first-order chi connectivity index (χ1) is 9.67. The molecule has 0 spiro atoms. The zero-order valence-electron chi connectivity index (χ0n) is 10.4. The van der Waals surface area contributed by atoms with Crippen molar-refractivity contribution < 1.29 is 0 Å². The molecule has 0 aliphatic heterocycles. The van der Waals surface area contributed by atoms with E-state index in [1.165, 1.54) is 4.88 Å². The molecule has 0 atom stereocenters. The molecule has 6 heteroatoms. The summed E-state index contributed by atoms with van der Waals surface area (Å²) in [5.41, 5.74) is 2.11. The van der Waals surface area contributed by atoms with Gasteiger partial charge in [0.2, 0.25) is 0 Å². The third-order valence-corrected chi connectivity index (χ3v) is 4.95. The van der Waals surface area contributed by atoms with Crippen LogP contribution in [-0.4, -0.2) is 15.4 Å². The molecule has 0 aliphatic carbocycles. The van der Waals surface area contributed by atoms with Crippen LogP contribution in [0.1, 0.15) is 10.7 Å². The molecule has 0 aliphatic rings. The van der Waals surface area contributed by atoms with Gasteiger partial charge in [0.25, 0.3) is 0 Å². The van der Waals surface area contributed by atoms with Gasteiger partial charge in [0.15, 0.2) is 0 Å². The minimum atomic E-state index is 0.565. The standard InChI is InChI=1S/C14H11BrCl2N2S/c15-9-1-3-12-11(7-9)18-14(5-6-16)19(12)8-10-2-4-13(17)20-10/h1-4,7H,5-6,8H2. The van der Waals surface area contributed by atoms with Crippen molar-refractivity contribution in [2.24, 2.45) is 0 Å². The molecule has 0 radical (unpaired) electrons. The van der Waals surface area contributed by atoms with Crippen molar-refractivity contribution >= 4 is 61.5 Å². The number of rotatable bonds is 4. The molecule has 0 saturated carbocycles. The van der Waals surface area contributed by atoms with Crippen molar-refractivity contribution in [3.05, 3.63) is 49.8 Å². The SMILES string of the molecule is ClCCc1nc2cc(Br)ccc2n1Cc1ccc(Cl)s1. The molecule has 0 N–H and O–H groups in total. The van der Waals surface area contributed by atoms with E-state index < -0.39 is 0 Å². The smallest absolute Gasteiger partial charge is 0.111 e. The first kappa shape index (κ1) is 14.4. The number of hydrogen-bond donors (Lipinski definition) is 0. The first-order valence-corrected chi connectivity index (χ1v) is 8.64. The summed E-state index contributed by atoms with van der Waals surface area (Å²) in [6.07, 6.45) is 0.757. The molecule has 2 aromatic heterocycles. The van der Waals surface area contributed by atoms with E-state index in [0.717, 1.165) is 38.6 Å². The lowest BCUT2D eigenvalue weighted by Crippen LogP contribution is -2.04. The highest BCUT2D eigenvalue weighted by Gasteiger charge is 2.12. The number of benzene rings is 1. The van der Waals surface area contributed by atoms with Gasteiger partial charge in [0, 0.05) is 21.7 Å². The Labute approximate surface area is 139 Å². The van der Waals surface area contributed by atoms with E-state index in [-0.39, 0.29) is 0 Å². The van der Waals surface area contributed by atoms with E-state index in [1.807, 2.05) is 18.2 Å². The lowest BCUT2D eigenvalue weighted by molar-refractivity contribution is 0.763. The number of nitrogens with zero attached hydrogens (tertiary/aromatic N) is 2. The molecule has 0 saturated heterocycles. The molecular weight excluding hydrogens is 379 g/mol. The average molecular weight is 390 g/mol. The summed E-state index contributed by atoms with van der Waals surface area (Å²) in [5.74, 6) is 1.58. The number of fused-ring (bicyclic) bond motifs is 1. The van der Waals surface area contributed by atoms with Crippen LogP contribution >= 0.6 is 50.5 Å². The third-order valence-electron chi connectivity index (χ3n) is 3.05. The van der Waals surface area contributed by atoms with Crippen LogP contribution in [0.25, 0.3) is 11.0 Å². The van der Waals surface area contributed by atoms with E-state index in [1.54, 1.807) is 11.3 Å². The van der Waals surface area contributed by atoms with Gasteiger partial charge in [0.1, 0.15) is 5.82 Å². The molecule has 0 amide bonds. The molecule has 1 aromatic carbocycles. The second kappa shape index (κ2) is 6.06. The summed E-state index contributed by atoms with van der Waals surface area (Å²) in [6, 6.07) is 10.1. The van der Waals surface area contributed by atoms with Crippen molar-refractivity contribution in [2.45, 2.75) is 13.0 Å². The second-order valence-electron chi connectivity index (χ2n) is 4.39. The molecule has 3 aromatic rings. The van der Waals surface area contributed by atoms with Crippen LogP contribution < -0.4 is 0 Å². The zero-order valence-corrected chi connectivity index (χ0v) is 14.4.